The topological polar surface area (TPSA) is 65.1 Å². The standard InChI is InChI=1S/C12H15N5O/c1-9-6-10-11(15-9)13-7-14-12(10)17-4-2-16(8-18)3-5-17/h6-8H,2-5H2,1H3,(H,13,14,15). The first-order chi connectivity index (χ1) is 8.78. The van der Waals surface area contributed by atoms with Gasteiger partial charge in [0.05, 0.1) is 5.39 Å². The van der Waals surface area contributed by atoms with Gasteiger partial charge in [-0.3, -0.25) is 4.79 Å². The van der Waals surface area contributed by atoms with Crippen LogP contribution in [0.2, 0.25) is 0 Å². The van der Waals surface area contributed by atoms with Gasteiger partial charge in [-0.25, -0.2) is 9.97 Å². The summed E-state index contributed by atoms with van der Waals surface area (Å²) in [6, 6.07) is 2.07. The zero-order chi connectivity index (χ0) is 12.5. The number of nitrogens with zero attached hydrogens (tertiary/aromatic N) is 4. The van der Waals surface area contributed by atoms with Crippen molar-refractivity contribution in [3.05, 3.63) is 18.1 Å². The van der Waals surface area contributed by atoms with E-state index in [0.29, 0.717) is 0 Å². The highest BCUT2D eigenvalue weighted by atomic mass is 16.1. The van der Waals surface area contributed by atoms with Crippen LogP contribution in [0.3, 0.4) is 0 Å². The summed E-state index contributed by atoms with van der Waals surface area (Å²) in [5.41, 5.74) is 1.95. The fourth-order valence-electron chi connectivity index (χ4n) is 2.35. The smallest absolute Gasteiger partial charge is 0.209 e. The van der Waals surface area contributed by atoms with Crippen LogP contribution in [0.5, 0.6) is 0 Å². The number of fused-ring (bicyclic) bond motifs is 1. The quantitative estimate of drug-likeness (QED) is 0.784. The number of aromatic nitrogens is 3. The van der Waals surface area contributed by atoms with Crippen molar-refractivity contribution in [3.8, 4) is 0 Å². The number of carbonyl (C=O) groups excluding carboxylic acids is 1. The highest BCUT2D eigenvalue weighted by molar-refractivity contribution is 5.88. The van der Waals surface area contributed by atoms with Crippen molar-refractivity contribution < 1.29 is 4.79 Å². The van der Waals surface area contributed by atoms with E-state index in [9.17, 15) is 4.79 Å². The zero-order valence-corrected chi connectivity index (χ0v) is 10.3. The van der Waals surface area contributed by atoms with Crippen LogP contribution in [0.25, 0.3) is 11.0 Å². The van der Waals surface area contributed by atoms with Gasteiger partial charge in [0.15, 0.2) is 0 Å². The number of hydrogen-bond donors (Lipinski definition) is 1. The Labute approximate surface area is 105 Å². The number of H-pyrrole nitrogens is 1. The number of hydrogen-bond acceptors (Lipinski definition) is 4. The molecule has 0 aliphatic carbocycles. The number of nitrogens with one attached hydrogen (secondary N) is 1. The molecule has 1 amide bonds. The second-order valence-electron chi connectivity index (χ2n) is 4.54. The molecule has 6 heteroatoms. The fraction of sp³-hybridized carbons (Fsp3) is 0.417. The first-order valence-corrected chi connectivity index (χ1v) is 6.02. The molecule has 2 aromatic rings. The van der Waals surface area contributed by atoms with E-state index < -0.39 is 0 Å². The molecule has 0 atom stereocenters. The maximum absolute atomic E-state index is 10.7. The van der Waals surface area contributed by atoms with Crippen LogP contribution in [-0.4, -0.2) is 52.4 Å². The zero-order valence-electron chi connectivity index (χ0n) is 10.3. The van der Waals surface area contributed by atoms with Crippen LogP contribution in [0, 0.1) is 6.92 Å². The Morgan fingerprint density at radius 2 is 2.06 bits per heavy atom. The summed E-state index contributed by atoms with van der Waals surface area (Å²) in [7, 11) is 0. The first kappa shape index (κ1) is 11.0. The van der Waals surface area contributed by atoms with Gasteiger partial charge in [0.2, 0.25) is 6.41 Å². The highest BCUT2D eigenvalue weighted by Crippen LogP contribution is 2.24. The number of rotatable bonds is 2. The van der Waals surface area contributed by atoms with E-state index in [0.717, 1.165) is 55.1 Å². The predicted molar refractivity (Wildman–Crippen MR) is 68.5 cm³/mol. The normalized spacial score (nSPS) is 16.3. The Bertz CT molecular complexity index is 571. The van der Waals surface area contributed by atoms with Gasteiger partial charge in [0.25, 0.3) is 0 Å². The summed E-state index contributed by atoms with van der Waals surface area (Å²) < 4.78 is 0. The van der Waals surface area contributed by atoms with Gasteiger partial charge in [0.1, 0.15) is 17.8 Å². The Morgan fingerprint density at radius 3 is 2.78 bits per heavy atom. The van der Waals surface area contributed by atoms with E-state index in [-0.39, 0.29) is 0 Å². The molecule has 6 nitrogen and oxygen atoms in total. The van der Waals surface area contributed by atoms with Crippen molar-refractivity contribution >= 4 is 23.3 Å². The van der Waals surface area contributed by atoms with Crippen molar-refractivity contribution in [2.24, 2.45) is 0 Å². The molecule has 1 N–H and O–H groups in total. The van der Waals surface area contributed by atoms with Crippen molar-refractivity contribution in [2.45, 2.75) is 6.92 Å². The summed E-state index contributed by atoms with van der Waals surface area (Å²) >= 11 is 0. The van der Waals surface area contributed by atoms with Gasteiger partial charge in [-0.15, -0.1) is 0 Å². The average molecular weight is 245 g/mol. The van der Waals surface area contributed by atoms with Crippen LogP contribution in [0.1, 0.15) is 5.69 Å². The van der Waals surface area contributed by atoms with Gasteiger partial charge in [-0.1, -0.05) is 0 Å². The Balaban J connectivity index is 1.92. The van der Waals surface area contributed by atoms with E-state index in [2.05, 4.69) is 25.9 Å². The lowest BCUT2D eigenvalue weighted by molar-refractivity contribution is -0.118. The van der Waals surface area contributed by atoms with E-state index in [1.165, 1.54) is 0 Å². The number of anilines is 1. The SMILES string of the molecule is Cc1cc2c(N3CCN(C=O)CC3)ncnc2[nH]1. The molecule has 0 aromatic carbocycles. The fourth-order valence-corrected chi connectivity index (χ4v) is 2.35. The lowest BCUT2D eigenvalue weighted by Gasteiger charge is -2.33. The molecule has 0 unspecified atom stereocenters. The summed E-state index contributed by atoms with van der Waals surface area (Å²) in [6.45, 7) is 5.14. The average Bonchev–Trinajstić information content (AvgIpc) is 2.79. The third-order valence-corrected chi connectivity index (χ3v) is 3.30. The number of aromatic amines is 1. The molecular weight excluding hydrogens is 230 g/mol. The summed E-state index contributed by atoms with van der Waals surface area (Å²) in [4.78, 5) is 26.5. The van der Waals surface area contributed by atoms with Crippen molar-refractivity contribution in [2.75, 3.05) is 31.1 Å². The highest BCUT2D eigenvalue weighted by Gasteiger charge is 2.19. The van der Waals surface area contributed by atoms with Crippen LogP contribution < -0.4 is 4.90 Å². The van der Waals surface area contributed by atoms with E-state index in [1.54, 1.807) is 11.2 Å². The van der Waals surface area contributed by atoms with Gasteiger partial charge < -0.3 is 14.8 Å². The molecule has 1 aliphatic heterocycles. The van der Waals surface area contributed by atoms with Crippen LogP contribution in [-0.2, 0) is 4.79 Å². The molecule has 94 valence electrons. The minimum absolute atomic E-state index is 0.748. The number of aryl methyl sites for hydroxylation is 1. The molecule has 0 spiro atoms. The molecule has 1 saturated heterocycles. The van der Waals surface area contributed by atoms with Gasteiger partial charge in [0, 0.05) is 31.9 Å². The lowest BCUT2D eigenvalue weighted by Crippen LogP contribution is -2.46. The maximum Gasteiger partial charge on any atom is 0.209 e. The third kappa shape index (κ3) is 1.79. The lowest BCUT2D eigenvalue weighted by atomic mass is 10.3. The van der Waals surface area contributed by atoms with Gasteiger partial charge in [-0.2, -0.15) is 0 Å². The minimum Gasteiger partial charge on any atom is -0.352 e. The van der Waals surface area contributed by atoms with Gasteiger partial charge >= 0.3 is 0 Å². The first-order valence-electron chi connectivity index (χ1n) is 6.02. The number of carbonyl (C=O) groups is 1. The van der Waals surface area contributed by atoms with Crippen LogP contribution in [0.4, 0.5) is 5.82 Å². The van der Waals surface area contributed by atoms with Gasteiger partial charge in [-0.05, 0) is 13.0 Å². The third-order valence-electron chi connectivity index (χ3n) is 3.30. The Hall–Kier alpha value is -2.11. The Kier molecular flexibility index (Phi) is 2.62. The van der Waals surface area contributed by atoms with E-state index in [4.69, 9.17) is 0 Å². The summed E-state index contributed by atoms with van der Waals surface area (Å²) in [5.74, 6) is 0.954. The van der Waals surface area contributed by atoms with Crippen molar-refractivity contribution in [1.82, 2.24) is 19.9 Å². The molecule has 18 heavy (non-hydrogen) atoms. The van der Waals surface area contributed by atoms with E-state index in [1.807, 2.05) is 6.92 Å². The maximum atomic E-state index is 10.7. The number of amides is 1. The number of piperazine rings is 1. The van der Waals surface area contributed by atoms with Crippen LogP contribution >= 0.6 is 0 Å². The molecule has 3 rings (SSSR count). The molecule has 1 fully saturated rings. The molecular formula is C12H15N5O. The molecule has 0 bridgehead atoms. The van der Waals surface area contributed by atoms with Crippen LogP contribution in [0.15, 0.2) is 12.4 Å². The monoisotopic (exact) mass is 245 g/mol. The summed E-state index contributed by atoms with van der Waals surface area (Å²) in [6.07, 6.45) is 2.49. The van der Waals surface area contributed by atoms with E-state index >= 15 is 0 Å². The van der Waals surface area contributed by atoms with Crippen molar-refractivity contribution in [1.29, 1.82) is 0 Å². The second kappa shape index (κ2) is 4.29. The predicted octanol–water partition coefficient (Wildman–Crippen LogP) is 0.545. The second-order valence-corrected chi connectivity index (χ2v) is 4.54. The molecule has 3 heterocycles. The van der Waals surface area contributed by atoms with Crippen molar-refractivity contribution in [3.63, 3.8) is 0 Å². The molecule has 2 aromatic heterocycles. The Morgan fingerprint density at radius 1 is 1.28 bits per heavy atom. The molecule has 1 aliphatic rings. The molecule has 0 saturated carbocycles. The largest absolute Gasteiger partial charge is 0.352 e. The summed E-state index contributed by atoms with van der Waals surface area (Å²) in [5, 5.41) is 1.05. The minimum atomic E-state index is 0.748. The molecule has 0 radical (unpaired) electrons.